The van der Waals surface area contributed by atoms with E-state index in [1.165, 1.54) is 10.6 Å². The highest BCUT2D eigenvalue weighted by Gasteiger charge is 2.22. The Morgan fingerprint density at radius 3 is 2.79 bits per heavy atom. The number of amides is 1. The summed E-state index contributed by atoms with van der Waals surface area (Å²) in [7, 11) is -1.69. The molecule has 0 aromatic heterocycles. The second-order valence-electron chi connectivity index (χ2n) is 6.98. The Balaban J connectivity index is 1.58. The Kier molecular flexibility index (Phi) is 6.76. The van der Waals surface area contributed by atoms with Crippen LogP contribution in [0.2, 0.25) is 0 Å². The highest BCUT2D eigenvalue weighted by atomic mass is 32.2. The SMILES string of the molecule is COc1ccccc1CNC(=O)CCc1ccc2c(c1)CN(S(C)(=O)=O)CCO2. The molecule has 0 atom stereocenters. The predicted octanol–water partition coefficient (Wildman–Crippen LogP) is 2.10. The molecule has 0 spiro atoms. The van der Waals surface area contributed by atoms with E-state index in [2.05, 4.69) is 5.32 Å². The monoisotopic (exact) mass is 418 g/mol. The second-order valence-corrected chi connectivity index (χ2v) is 8.96. The number of methoxy groups -OCH3 is 1. The van der Waals surface area contributed by atoms with E-state index in [1.54, 1.807) is 7.11 Å². The second kappa shape index (κ2) is 9.28. The first-order valence-corrected chi connectivity index (χ1v) is 11.3. The van der Waals surface area contributed by atoms with Crippen molar-refractivity contribution in [1.29, 1.82) is 0 Å². The number of carbonyl (C=O) groups excluding carboxylic acids is 1. The molecule has 0 radical (unpaired) electrons. The summed E-state index contributed by atoms with van der Waals surface area (Å²) >= 11 is 0. The minimum absolute atomic E-state index is 0.0557. The Morgan fingerprint density at radius 2 is 2.03 bits per heavy atom. The van der Waals surface area contributed by atoms with Crippen molar-refractivity contribution >= 4 is 15.9 Å². The molecule has 1 amide bonds. The summed E-state index contributed by atoms with van der Waals surface area (Å²) in [5.41, 5.74) is 2.71. The van der Waals surface area contributed by atoms with Crippen molar-refractivity contribution in [3.8, 4) is 11.5 Å². The van der Waals surface area contributed by atoms with Crippen LogP contribution in [0.1, 0.15) is 23.1 Å². The number of nitrogens with zero attached hydrogens (tertiary/aromatic N) is 1. The maximum absolute atomic E-state index is 12.3. The molecule has 29 heavy (non-hydrogen) atoms. The summed E-state index contributed by atoms with van der Waals surface area (Å²) in [6, 6.07) is 13.3. The largest absolute Gasteiger partial charge is 0.496 e. The number of sulfonamides is 1. The van der Waals surface area contributed by atoms with Crippen LogP contribution in [0.25, 0.3) is 0 Å². The third-order valence-electron chi connectivity index (χ3n) is 4.85. The molecule has 8 heteroatoms. The standard InChI is InChI=1S/C21H26N2O5S/c1-27-19-6-4-3-5-17(19)14-22-21(24)10-8-16-7-9-20-18(13-16)15-23(11-12-28-20)29(2,25)26/h3-7,9,13H,8,10-12,14-15H2,1-2H3,(H,22,24). The first-order valence-electron chi connectivity index (χ1n) is 9.45. The van der Waals surface area contributed by atoms with Gasteiger partial charge in [0.1, 0.15) is 18.1 Å². The molecule has 1 N–H and O–H groups in total. The minimum atomic E-state index is -3.29. The maximum atomic E-state index is 12.3. The Labute approximate surface area is 171 Å². The fraction of sp³-hybridized carbons (Fsp3) is 0.381. The summed E-state index contributed by atoms with van der Waals surface area (Å²) in [6.45, 7) is 1.34. The van der Waals surface area contributed by atoms with E-state index in [9.17, 15) is 13.2 Å². The fourth-order valence-corrected chi connectivity index (χ4v) is 4.03. The van der Waals surface area contributed by atoms with Gasteiger partial charge < -0.3 is 14.8 Å². The molecular weight excluding hydrogens is 392 g/mol. The molecule has 1 aliphatic rings. The van der Waals surface area contributed by atoms with Crippen LogP contribution < -0.4 is 14.8 Å². The highest BCUT2D eigenvalue weighted by molar-refractivity contribution is 7.88. The van der Waals surface area contributed by atoms with Gasteiger partial charge in [0.2, 0.25) is 15.9 Å². The van der Waals surface area contributed by atoms with E-state index in [4.69, 9.17) is 9.47 Å². The quantitative estimate of drug-likeness (QED) is 0.744. The number of ether oxygens (including phenoxy) is 2. The summed E-state index contributed by atoms with van der Waals surface area (Å²) in [4.78, 5) is 12.3. The summed E-state index contributed by atoms with van der Waals surface area (Å²) < 4.78 is 36.1. The fourth-order valence-electron chi connectivity index (χ4n) is 3.25. The van der Waals surface area contributed by atoms with E-state index >= 15 is 0 Å². The number of benzene rings is 2. The zero-order chi connectivity index (χ0) is 20.9. The first-order chi connectivity index (χ1) is 13.9. The van der Waals surface area contributed by atoms with E-state index in [1.807, 2.05) is 42.5 Å². The van der Waals surface area contributed by atoms with Crippen molar-refractivity contribution in [2.75, 3.05) is 26.5 Å². The predicted molar refractivity (Wildman–Crippen MR) is 110 cm³/mol. The Morgan fingerprint density at radius 1 is 1.24 bits per heavy atom. The summed E-state index contributed by atoms with van der Waals surface area (Å²) in [5.74, 6) is 1.38. The van der Waals surface area contributed by atoms with Gasteiger partial charge in [-0.25, -0.2) is 8.42 Å². The average Bonchev–Trinajstić information content (AvgIpc) is 2.93. The maximum Gasteiger partial charge on any atom is 0.220 e. The van der Waals surface area contributed by atoms with Gasteiger partial charge in [0.15, 0.2) is 0 Å². The average molecular weight is 419 g/mol. The van der Waals surface area contributed by atoms with Crippen molar-refractivity contribution < 1.29 is 22.7 Å². The van der Waals surface area contributed by atoms with Crippen LogP contribution in [0.3, 0.4) is 0 Å². The van der Waals surface area contributed by atoms with Crippen molar-refractivity contribution in [3.05, 3.63) is 59.2 Å². The van der Waals surface area contributed by atoms with Gasteiger partial charge in [-0.05, 0) is 24.1 Å². The molecule has 2 aromatic rings. The third kappa shape index (κ3) is 5.71. The molecule has 1 heterocycles. The minimum Gasteiger partial charge on any atom is -0.496 e. The molecule has 0 saturated heterocycles. The first kappa shape index (κ1) is 21.1. The number of carbonyl (C=O) groups is 1. The lowest BCUT2D eigenvalue weighted by atomic mass is 10.0. The molecule has 156 valence electrons. The summed E-state index contributed by atoms with van der Waals surface area (Å²) in [5, 5.41) is 2.91. The highest BCUT2D eigenvalue weighted by Crippen LogP contribution is 2.26. The van der Waals surface area contributed by atoms with E-state index in [0.29, 0.717) is 38.3 Å². The van der Waals surface area contributed by atoms with Crippen molar-refractivity contribution in [3.63, 3.8) is 0 Å². The van der Waals surface area contributed by atoms with Crippen LogP contribution >= 0.6 is 0 Å². The molecule has 0 unspecified atom stereocenters. The zero-order valence-corrected chi connectivity index (χ0v) is 17.5. The zero-order valence-electron chi connectivity index (χ0n) is 16.7. The number of para-hydroxylation sites is 1. The third-order valence-corrected chi connectivity index (χ3v) is 6.10. The number of aryl methyl sites for hydroxylation is 1. The summed E-state index contributed by atoms with van der Waals surface area (Å²) in [6.07, 6.45) is 2.10. The lowest BCUT2D eigenvalue weighted by Gasteiger charge is -2.16. The number of rotatable bonds is 7. The number of hydrogen-bond donors (Lipinski definition) is 1. The van der Waals surface area contributed by atoms with Crippen molar-refractivity contribution in [2.45, 2.75) is 25.9 Å². The van der Waals surface area contributed by atoms with Crippen LogP contribution in [-0.2, 0) is 34.3 Å². The molecule has 2 aromatic carbocycles. The number of nitrogens with one attached hydrogen (secondary N) is 1. The lowest BCUT2D eigenvalue weighted by Crippen LogP contribution is -2.31. The van der Waals surface area contributed by atoms with Gasteiger partial charge >= 0.3 is 0 Å². The van der Waals surface area contributed by atoms with Gasteiger partial charge in [-0.1, -0.05) is 30.3 Å². The topological polar surface area (TPSA) is 84.9 Å². The van der Waals surface area contributed by atoms with Crippen LogP contribution in [0.15, 0.2) is 42.5 Å². The van der Waals surface area contributed by atoms with Crippen molar-refractivity contribution in [1.82, 2.24) is 9.62 Å². The van der Waals surface area contributed by atoms with E-state index < -0.39 is 10.0 Å². The van der Waals surface area contributed by atoms with Gasteiger partial charge in [0.25, 0.3) is 0 Å². The van der Waals surface area contributed by atoms with Gasteiger partial charge in [0.05, 0.1) is 13.4 Å². The van der Waals surface area contributed by atoms with Gasteiger partial charge in [-0.15, -0.1) is 0 Å². The van der Waals surface area contributed by atoms with E-state index in [-0.39, 0.29) is 12.5 Å². The lowest BCUT2D eigenvalue weighted by molar-refractivity contribution is -0.121. The molecule has 1 aliphatic heterocycles. The van der Waals surface area contributed by atoms with Crippen LogP contribution in [-0.4, -0.2) is 45.1 Å². The number of hydrogen-bond acceptors (Lipinski definition) is 5. The van der Waals surface area contributed by atoms with Gasteiger partial charge in [-0.2, -0.15) is 4.31 Å². The van der Waals surface area contributed by atoms with Crippen molar-refractivity contribution in [2.24, 2.45) is 0 Å². The van der Waals surface area contributed by atoms with Gasteiger partial charge in [-0.3, -0.25) is 4.79 Å². The van der Waals surface area contributed by atoms with Gasteiger partial charge in [0, 0.05) is 37.2 Å². The van der Waals surface area contributed by atoms with Crippen LogP contribution in [0, 0.1) is 0 Å². The smallest absolute Gasteiger partial charge is 0.220 e. The molecule has 3 rings (SSSR count). The molecule has 0 bridgehead atoms. The van der Waals surface area contributed by atoms with E-state index in [0.717, 1.165) is 22.4 Å². The molecule has 0 aliphatic carbocycles. The van der Waals surface area contributed by atoms with Crippen LogP contribution in [0.4, 0.5) is 0 Å². The molecular formula is C21H26N2O5S. The molecule has 7 nitrogen and oxygen atoms in total. The normalized spacial score (nSPS) is 14.4. The molecule has 0 saturated carbocycles. The van der Waals surface area contributed by atoms with Crippen LogP contribution in [0.5, 0.6) is 11.5 Å². The number of fused-ring (bicyclic) bond motifs is 1. The Hall–Kier alpha value is -2.58. The molecule has 0 fully saturated rings. The Bertz CT molecular complexity index is 975.